The van der Waals surface area contributed by atoms with Gasteiger partial charge in [-0.1, -0.05) is 6.07 Å². The number of benzene rings is 1. The molecule has 110 valence electrons. The molecule has 0 saturated carbocycles. The fraction of sp³-hybridized carbons (Fsp3) is 0.562. The van der Waals surface area contributed by atoms with E-state index in [0.717, 1.165) is 24.0 Å². The minimum absolute atomic E-state index is 0.0691. The summed E-state index contributed by atoms with van der Waals surface area (Å²) in [7, 11) is 0.330. The Kier molecular flexibility index (Phi) is 2.10. The van der Waals surface area contributed by atoms with Gasteiger partial charge in [0.1, 0.15) is 0 Å². The number of hydrogen-bond donors (Lipinski definition) is 0. The molecule has 1 aromatic heterocycles. The molecule has 21 heavy (non-hydrogen) atoms. The number of imidazole rings is 1. The Morgan fingerprint density at radius 2 is 2.19 bits per heavy atom. The van der Waals surface area contributed by atoms with Crippen LogP contribution in [0.3, 0.4) is 0 Å². The number of hydrogen-bond acceptors (Lipinski definition) is 2. The van der Waals surface area contributed by atoms with Crippen LogP contribution in [-0.4, -0.2) is 47.2 Å². The number of nitrogens with zero attached hydrogens (tertiary/aromatic N) is 3. The van der Waals surface area contributed by atoms with Crippen LogP contribution >= 0.6 is 0 Å². The van der Waals surface area contributed by atoms with E-state index < -0.39 is 0 Å². The van der Waals surface area contributed by atoms with Crippen molar-refractivity contribution in [3.63, 3.8) is 0 Å². The van der Waals surface area contributed by atoms with Crippen molar-refractivity contribution in [3.05, 3.63) is 23.8 Å². The standard InChI is InChI=1S/C16H22BN3O/c1-11-2-3-14-13(8-11)18-15-19(14)9-16(21-15)10-20(17)6-4-12(16)5-7-20/h2-3,8,12H,4-7,9-10H2,1,17H3. The van der Waals surface area contributed by atoms with Gasteiger partial charge in [0.25, 0.3) is 6.01 Å². The fourth-order valence-corrected chi connectivity index (χ4v) is 4.35. The van der Waals surface area contributed by atoms with Gasteiger partial charge in [0.2, 0.25) is 0 Å². The molecule has 1 unspecified atom stereocenters. The third kappa shape index (κ3) is 1.53. The molecule has 0 N–H and O–H groups in total. The number of rotatable bonds is 0. The maximum Gasteiger partial charge on any atom is 0.298 e. The highest BCUT2D eigenvalue weighted by molar-refractivity contribution is 5.97. The van der Waals surface area contributed by atoms with Gasteiger partial charge in [0, 0.05) is 19.0 Å². The van der Waals surface area contributed by atoms with Gasteiger partial charge in [-0.2, -0.15) is 4.98 Å². The highest BCUT2D eigenvalue weighted by Gasteiger charge is 2.56. The summed E-state index contributed by atoms with van der Waals surface area (Å²) in [6.45, 7) is 7.27. The number of aromatic nitrogens is 2. The number of piperidine rings is 3. The van der Waals surface area contributed by atoms with E-state index in [1.165, 1.54) is 48.0 Å². The molecule has 1 spiro atoms. The first-order valence-corrected chi connectivity index (χ1v) is 7.62. The summed E-state index contributed by atoms with van der Waals surface area (Å²) >= 11 is 0. The molecule has 2 aromatic rings. The summed E-state index contributed by atoms with van der Waals surface area (Å²) in [5, 5.41) is 0. The Labute approximate surface area is 125 Å². The van der Waals surface area contributed by atoms with Gasteiger partial charge in [-0.15, -0.1) is 0 Å². The van der Waals surface area contributed by atoms with Crippen molar-refractivity contribution in [3.8, 4) is 6.01 Å². The molecule has 4 aliphatic rings. The second-order valence-electron chi connectivity index (χ2n) is 6.69. The molecule has 6 rings (SSSR count). The Bertz CT molecular complexity index is 747. The van der Waals surface area contributed by atoms with E-state index in [9.17, 15) is 0 Å². The predicted octanol–water partition coefficient (Wildman–Crippen LogP) is 0.997. The minimum atomic E-state index is 0.0691. The minimum Gasteiger partial charge on any atom is -0.519 e. The molecule has 4 nitrogen and oxygen atoms in total. The quantitative estimate of drug-likeness (QED) is 0.674. The third-order valence-corrected chi connectivity index (χ3v) is 5.41. The van der Waals surface area contributed by atoms with E-state index in [4.69, 9.17) is 9.72 Å². The summed E-state index contributed by atoms with van der Waals surface area (Å²) in [5.41, 5.74) is 3.67. The zero-order chi connectivity index (χ0) is 14.2. The molecule has 1 aromatic carbocycles. The van der Waals surface area contributed by atoms with Gasteiger partial charge < -0.3 is 9.13 Å². The average molecular weight is 283 g/mol. The lowest BCUT2D eigenvalue weighted by molar-refractivity contribution is -0.845. The molecule has 2 bridgehead atoms. The van der Waals surface area contributed by atoms with Crippen molar-refractivity contribution >= 4 is 19.0 Å². The molecule has 1 atom stereocenters. The van der Waals surface area contributed by atoms with Gasteiger partial charge in [-0.3, -0.25) is 4.57 Å². The Morgan fingerprint density at radius 1 is 1.38 bits per heavy atom. The van der Waals surface area contributed by atoms with Gasteiger partial charge in [-0.25, -0.2) is 0 Å². The maximum atomic E-state index is 6.54. The first-order chi connectivity index (χ1) is 10.1. The molecule has 5 heterocycles. The zero-order valence-corrected chi connectivity index (χ0v) is 11.8. The second-order valence-corrected chi connectivity index (χ2v) is 6.69. The lowest BCUT2D eigenvalue weighted by atomic mass is 9.71. The van der Waals surface area contributed by atoms with E-state index >= 15 is 0 Å². The van der Waals surface area contributed by atoms with Crippen LogP contribution in [0.4, 0.5) is 0 Å². The molecule has 3 saturated heterocycles. The van der Waals surface area contributed by atoms with Gasteiger partial charge >= 0.3 is 0 Å². The monoisotopic (exact) mass is 283 g/mol. The molecule has 4 aliphatic heterocycles. The summed E-state index contributed by atoms with van der Waals surface area (Å²) < 4.78 is 10.3. The van der Waals surface area contributed by atoms with Crippen molar-refractivity contribution < 1.29 is 9.13 Å². The predicted molar refractivity (Wildman–Crippen MR) is 85.4 cm³/mol. The second kappa shape index (κ2) is 3.64. The number of ether oxygens (including phenoxy) is 1. The van der Waals surface area contributed by atoms with E-state index in [-0.39, 0.29) is 5.60 Å². The number of aryl methyl sites for hydroxylation is 1. The van der Waals surface area contributed by atoms with E-state index in [2.05, 4.69) is 29.7 Å². The van der Waals surface area contributed by atoms with Gasteiger partial charge in [0.05, 0.1) is 24.1 Å². The van der Waals surface area contributed by atoms with Crippen LogP contribution in [0.2, 0.25) is 0 Å². The Morgan fingerprint density at radius 3 is 2.95 bits per heavy atom. The summed E-state index contributed by atoms with van der Waals surface area (Å²) in [5.74, 6) is 0.748. The van der Waals surface area contributed by atoms with Crippen LogP contribution in [0.15, 0.2) is 18.2 Å². The molecule has 0 amide bonds. The lowest BCUT2D eigenvalue weighted by Gasteiger charge is -2.60. The maximum absolute atomic E-state index is 6.54. The smallest absolute Gasteiger partial charge is 0.298 e. The van der Waals surface area contributed by atoms with Crippen molar-refractivity contribution in [1.82, 2.24) is 9.55 Å². The van der Waals surface area contributed by atoms with Crippen molar-refractivity contribution in [2.45, 2.75) is 31.9 Å². The van der Waals surface area contributed by atoms with E-state index in [1.54, 1.807) is 0 Å². The Balaban J connectivity index is 1.59. The highest BCUT2D eigenvalue weighted by Crippen LogP contribution is 2.46. The molecule has 0 radical (unpaired) electrons. The molecule has 5 heteroatoms. The van der Waals surface area contributed by atoms with E-state index in [0.29, 0.717) is 7.98 Å². The van der Waals surface area contributed by atoms with Gasteiger partial charge in [0.15, 0.2) is 13.6 Å². The fourth-order valence-electron chi connectivity index (χ4n) is 4.35. The van der Waals surface area contributed by atoms with Crippen LogP contribution in [0, 0.1) is 12.8 Å². The molecule has 3 fully saturated rings. The third-order valence-electron chi connectivity index (χ3n) is 5.41. The molecular weight excluding hydrogens is 261 g/mol. The SMILES string of the molecule is [BH3-][N+]12CCC(CC1)C1(Cn3c(nc4cc(C)ccc43)O1)C2. The first-order valence-electron chi connectivity index (χ1n) is 7.62. The van der Waals surface area contributed by atoms with Crippen molar-refractivity contribution in [2.75, 3.05) is 19.6 Å². The van der Waals surface area contributed by atoms with Crippen LogP contribution in [0.5, 0.6) is 6.01 Å². The topological polar surface area (TPSA) is 27.1 Å². The zero-order valence-electron chi connectivity index (χ0n) is 11.8. The molecule has 0 aliphatic carbocycles. The van der Waals surface area contributed by atoms with Crippen LogP contribution in [0.1, 0.15) is 18.4 Å². The average Bonchev–Trinajstić information content (AvgIpc) is 2.92. The highest BCUT2D eigenvalue weighted by atomic mass is 16.5. The Hall–Kier alpha value is -1.49. The van der Waals surface area contributed by atoms with Crippen molar-refractivity contribution in [2.24, 2.45) is 5.92 Å². The van der Waals surface area contributed by atoms with Crippen LogP contribution in [-0.2, 0) is 6.54 Å². The normalized spacial score (nSPS) is 37.1. The van der Waals surface area contributed by atoms with Crippen LogP contribution < -0.4 is 4.74 Å². The van der Waals surface area contributed by atoms with Crippen molar-refractivity contribution in [1.29, 1.82) is 0 Å². The van der Waals surface area contributed by atoms with Gasteiger partial charge in [-0.05, 0) is 37.5 Å². The summed E-state index contributed by atoms with van der Waals surface area (Å²) in [6, 6.07) is 7.43. The summed E-state index contributed by atoms with van der Waals surface area (Å²) in [6.07, 6.45) is 2.73. The van der Waals surface area contributed by atoms with E-state index in [1.807, 2.05) is 0 Å². The lowest BCUT2D eigenvalue weighted by Crippen LogP contribution is -2.69. The first kappa shape index (κ1) is 12.1. The largest absolute Gasteiger partial charge is 0.519 e. The number of fused-ring (bicyclic) bond motifs is 5. The van der Waals surface area contributed by atoms with Crippen LogP contribution in [0.25, 0.3) is 11.0 Å². The number of quaternary nitrogens is 1. The summed E-state index contributed by atoms with van der Waals surface area (Å²) in [4.78, 5) is 4.76. The molecular formula is C16H22BN3O.